The van der Waals surface area contributed by atoms with E-state index >= 15 is 0 Å². The number of carbonyl (C=O) groups is 1. The van der Waals surface area contributed by atoms with Crippen LogP contribution >= 0.6 is 0 Å². The molecule has 1 saturated heterocycles. The van der Waals surface area contributed by atoms with Crippen molar-refractivity contribution < 1.29 is 9.90 Å². The van der Waals surface area contributed by atoms with Crippen LogP contribution in [-0.2, 0) is 6.42 Å². The number of hydrogen-bond acceptors (Lipinski definition) is 4. The molecule has 0 spiro atoms. The highest BCUT2D eigenvalue weighted by Gasteiger charge is 2.34. The van der Waals surface area contributed by atoms with Crippen molar-refractivity contribution in [3.8, 4) is 11.3 Å². The van der Waals surface area contributed by atoms with Crippen LogP contribution in [0.5, 0.6) is 0 Å². The van der Waals surface area contributed by atoms with Gasteiger partial charge in [-0.2, -0.15) is 0 Å². The first-order valence-electron chi connectivity index (χ1n) is 9.91. The van der Waals surface area contributed by atoms with Gasteiger partial charge in [0.1, 0.15) is 0 Å². The van der Waals surface area contributed by atoms with Gasteiger partial charge in [0.2, 0.25) is 0 Å². The van der Waals surface area contributed by atoms with Crippen LogP contribution in [0.3, 0.4) is 0 Å². The number of piperidine rings is 1. The lowest BCUT2D eigenvalue weighted by molar-refractivity contribution is -0.0162. The van der Waals surface area contributed by atoms with Gasteiger partial charge in [0.15, 0.2) is 5.69 Å². The van der Waals surface area contributed by atoms with Gasteiger partial charge in [0, 0.05) is 43.7 Å². The standard InChI is InChI=1S/C24H22N4O2/c1-25-20-5-2-4-18(16-20)17-24(30)9-14-28(15-10-24)23(29)21-6-3-11-27-22(21)19-7-12-26-13-8-19/h2-8,11-13,16,30H,9-10,14-15,17H2. The van der Waals surface area contributed by atoms with E-state index in [2.05, 4.69) is 14.8 Å². The van der Waals surface area contributed by atoms with Gasteiger partial charge in [-0.05, 0) is 37.1 Å². The highest BCUT2D eigenvalue weighted by atomic mass is 16.3. The van der Waals surface area contributed by atoms with Crippen LogP contribution in [0.4, 0.5) is 5.69 Å². The van der Waals surface area contributed by atoms with E-state index in [1.807, 2.05) is 30.3 Å². The topological polar surface area (TPSA) is 70.7 Å². The number of pyridine rings is 2. The number of amides is 1. The van der Waals surface area contributed by atoms with Gasteiger partial charge < -0.3 is 10.0 Å². The fourth-order valence-corrected chi connectivity index (χ4v) is 3.91. The van der Waals surface area contributed by atoms with E-state index in [4.69, 9.17) is 6.57 Å². The molecule has 3 heterocycles. The van der Waals surface area contributed by atoms with Gasteiger partial charge in [0.05, 0.1) is 23.4 Å². The molecule has 1 N–H and O–H groups in total. The lowest BCUT2D eigenvalue weighted by atomic mass is 9.85. The maximum absolute atomic E-state index is 13.2. The van der Waals surface area contributed by atoms with Crippen LogP contribution in [0, 0.1) is 6.57 Å². The van der Waals surface area contributed by atoms with Gasteiger partial charge in [-0.3, -0.25) is 14.8 Å². The predicted octanol–water partition coefficient (Wildman–Crippen LogP) is 3.90. The molecular formula is C24H22N4O2. The molecule has 0 unspecified atom stereocenters. The van der Waals surface area contributed by atoms with Crippen molar-refractivity contribution in [3.63, 3.8) is 0 Å². The number of aliphatic hydroxyl groups is 1. The molecule has 6 nitrogen and oxygen atoms in total. The van der Waals surface area contributed by atoms with Crippen molar-refractivity contribution >= 4 is 11.6 Å². The normalized spacial score (nSPS) is 15.4. The molecule has 1 fully saturated rings. The highest BCUT2D eigenvalue weighted by Crippen LogP contribution is 2.29. The smallest absolute Gasteiger partial charge is 0.256 e. The largest absolute Gasteiger partial charge is 0.389 e. The van der Waals surface area contributed by atoms with Crippen LogP contribution in [0.1, 0.15) is 28.8 Å². The highest BCUT2D eigenvalue weighted by molar-refractivity contribution is 5.99. The number of carbonyl (C=O) groups excluding carboxylic acids is 1. The third-order valence-electron chi connectivity index (χ3n) is 5.55. The molecule has 0 radical (unpaired) electrons. The van der Waals surface area contributed by atoms with Crippen molar-refractivity contribution in [2.75, 3.05) is 13.1 Å². The van der Waals surface area contributed by atoms with Gasteiger partial charge >= 0.3 is 0 Å². The number of aromatic nitrogens is 2. The van der Waals surface area contributed by atoms with Gasteiger partial charge in [-0.25, -0.2) is 4.85 Å². The summed E-state index contributed by atoms with van der Waals surface area (Å²) in [7, 11) is 0. The van der Waals surface area contributed by atoms with E-state index in [-0.39, 0.29) is 5.91 Å². The van der Waals surface area contributed by atoms with Crippen LogP contribution in [0.2, 0.25) is 0 Å². The molecule has 30 heavy (non-hydrogen) atoms. The second-order valence-electron chi connectivity index (χ2n) is 7.61. The third-order valence-corrected chi connectivity index (χ3v) is 5.55. The fraction of sp³-hybridized carbons (Fsp3) is 0.250. The average molecular weight is 398 g/mol. The Morgan fingerprint density at radius 1 is 1.10 bits per heavy atom. The van der Waals surface area contributed by atoms with E-state index in [1.165, 1.54) is 0 Å². The molecule has 0 saturated carbocycles. The summed E-state index contributed by atoms with van der Waals surface area (Å²) in [5.74, 6) is -0.0769. The molecule has 0 bridgehead atoms. The minimum absolute atomic E-state index is 0.0769. The Hall–Kier alpha value is -3.56. The Bertz CT molecular complexity index is 1080. The second-order valence-corrected chi connectivity index (χ2v) is 7.61. The summed E-state index contributed by atoms with van der Waals surface area (Å²) in [6, 6.07) is 14.6. The van der Waals surface area contributed by atoms with Crippen molar-refractivity contribution in [2.24, 2.45) is 0 Å². The molecule has 0 aliphatic carbocycles. The Morgan fingerprint density at radius 2 is 1.87 bits per heavy atom. The number of nitrogens with zero attached hydrogens (tertiary/aromatic N) is 4. The maximum Gasteiger partial charge on any atom is 0.256 e. The van der Waals surface area contributed by atoms with Crippen molar-refractivity contribution in [1.82, 2.24) is 14.9 Å². The molecule has 4 rings (SSSR count). The number of likely N-dealkylation sites (tertiary alicyclic amines) is 1. The molecule has 3 aromatic rings. The van der Waals surface area contributed by atoms with Crippen molar-refractivity contribution in [1.29, 1.82) is 0 Å². The Labute approximate surface area is 175 Å². The molecule has 150 valence electrons. The molecule has 6 heteroatoms. The first-order valence-corrected chi connectivity index (χ1v) is 9.91. The second kappa shape index (κ2) is 8.44. The molecule has 1 aliphatic heterocycles. The summed E-state index contributed by atoms with van der Waals surface area (Å²) >= 11 is 0. The van der Waals surface area contributed by atoms with Gasteiger partial charge in [0.25, 0.3) is 5.91 Å². The summed E-state index contributed by atoms with van der Waals surface area (Å²) in [4.78, 5) is 26.9. The van der Waals surface area contributed by atoms with E-state index in [1.54, 1.807) is 41.7 Å². The van der Waals surface area contributed by atoms with E-state index in [9.17, 15) is 9.90 Å². The van der Waals surface area contributed by atoms with E-state index < -0.39 is 5.60 Å². The molecular weight excluding hydrogens is 376 g/mol. The molecule has 1 aromatic carbocycles. The maximum atomic E-state index is 13.2. The Balaban J connectivity index is 1.47. The lowest BCUT2D eigenvalue weighted by Gasteiger charge is -2.38. The SMILES string of the molecule is [C-]#[N+]c1cccc(CC2(O)CCN(C(=O)c3cccnc3-c3ccncc3)CC2)c1. The zero-order chi connectivity index (χ0) is 21.0. The Kier molecular flexibility index (Phi) is 5.55. The van der Waals surface area contributed by atoms with Crippen molar-refractivity contribution in [2.45, 2.75) is 24.9 Å². The summed E-state index contributed by atoms with van der Waals surface area (Å²) in [6.45, 7) is 8.10. The first kappa shape index (κ1) is 19.7. The van der Waals surface area contributed by atoms with Crippen LogP contribution in [0.15, 0.2) is 67.1 Å². The van der Waals surface area contributed by atoms with Crippen molar-refractivity contribution in [3.05, 3.63) is 89.7 Å². The lowest BCUT2D eigenvalue weighted by Crippen LogP contribution is -2.47. The minimum atomic E-state index is -0.875. The number of hydrogen-bond donors (Lipinski definition) is 1. The summed E-state index contributed by atoms with van der Waals surface area (Å²) in [6.07, 6.45) is 6.51. The van der Waals surface area contributed by atoms with E-state index in [0.29, 0.717) is 49.3 Å². The fourth-order valence-electron chi connectivity index (χ4n) is 3.91. The zero-order valence-corrected chi connectivity index (χ0v) is 16.5. The predicted molar refractivity (Wildman–Crippen MR) is 114 cm³/mol. The van der Waals surface area contributed by atoms with Crippen LogP contribution in [-0.4, -0.2) is 44.6 Å². The number of rotatable bonds is 4. The van der Waals surface area contributed by atoms with Gasteiger partial charge in [-0.1, -0.05) is 29.8 Å². The monoisotopic (exact) mass is 398 g/mol. The summed E-state index contributed by atoms with van der Waals surface area (Å²) < 4.78 is 0. The zero-order valence-electron chi connectivity index (χ0n) is 16.5. The van der Waals surface area contributed by atoms with E-state index in [0.717, 1.165) is 11.1 Å². The first-order chi connectivity index (χ1) is 14.6. The third kappa shape index (κ3) is 4.22. The van der Waals surface area contributed by atoms with Gasteiger partial charge in [-0.15, -0.1) is 0 Å². The molecule has 1 amide bonds. The average Bonchev–Trinajstić information content (AvgIpc) is 2.79. The quantitative estimate of drug-likeness (QED) is 0.677. The summed E-state index contributed by atoms with van der Waals surface area (Å²) in [5.41, 5.74) is 2.69. The van der Waals surface area contributed by atoms with Crippen LogP contribution < -0.4 is 0 Å². The number of benzene rings is 1. The Morgan fingerprint density at radius 3 is 2.60 bits per heavy atom. The molecule has 2 aromatic heterocycles. The summed E-state index contributed by atoms with van der Waals surface area (Å²) in [5, 5.41) is 11.1. The molecule has 0 atom stereocenters. The van der Waals surface area contributed by atoms with Crippen LogP contribution in [0.25, 0.3) is 16.1 Å². The minimum Gasteiger partial charge on any atom is -0.389 e. The molecule has 1 aliphatic rings.